The third-order valence-corrected chi connectivity index (χ3v) is 2.30. The lowest BCUT2D eigenvalue weighted by Gasteiger charge is -2.33. The topological polar surface area (TPSA) is 20.3 Å². The zero-order chi connectivity index (χ0) is 9.26. The van der Waals surface area contributed by atoms with E-state index in [4.69, 9.17) is 0 Å². The van der Waals surface area contributed by atoms with Crippen LogP contribution in [-0.4, -0.2) is 19.4 Å². The molecule has 1 aromatic carbocycles. The lowest BCUT2D eigenvalue weighted by Crippen LogP contribution is -2.37. The molecule has 0 unspecified atom stereocenters. The number of benzene rings is 1. The molecule has 1 aliphatic rings. The minimum atomic E-state index is -0.302. The zero-order valence-electron chi connectivity index (χ0n) is 7.16. The average molecular weight is 179 g/mol. The van der Waals surface area contributed by atoms with Crippen LogP contribution in [0, 0.1) is 5.82 Å². The first-order valence-electron chi connectivity index (χ1n) is 4.31. The summed E-state index contributed by atoms with van der Waals surface area (Å²) >= 11 is 0. The molecule has 2 nitrogen and oxygen atoms in total. The fourth-order valence-electron chi connectivity index (χ4n) is 1.41. The van der Waals surface area contributed by atoms with Crippen molar-refractivity contribution >= 4 is 12.0 Å². The highest BCUT2D eigenvalue weighted by molar-refractivity contribution is 5.76. The van der Waals surface area contributed by atoms with Crippen molar-refractivity contribution in [3.05, 3.63) is 29.6 Å². The summed E-state index contributed by atoms with van der Waals surface area (Å²) in [6.45, 7) is 1.83. The van der Waals surface area contributed by atoms with E-state index < -0.39 is 0 Å². The van der Waals surface area contributed by atoms with Crippen LogP contribution in [0.4, 0.5) is 10.1 Å². The van der Waals surface area contributed by atoms with Crippen molar-refractivity contribution in [2.24, 2.45) is 0 Å². The minimum absolute atomic E-state index is 0.302. The second-order valence-electron chi connectivity index (χ2n) is 3.17. The number of aldehydes is 1. The van der Waals surface area contributed by atoms with Crippen molar-refractivity contribution in [2.45, 2.75) is 6.42 Å². The molecule has 0 radical (unpaired) electrons. The standard InChI is InChI=1S/C10H10FNO/c11-9-6-8(7-13)2-3-10(9)12-4-1-5-12/h2-3,6-7H,1,4-5H2. The number of carbonyl (C=O) groups is 1. The number of nitrogens with zero attached hydrogens (tertiary/aromatic N) is 1. The van der Waals surface area contributed by atoms with Gasteiger partial charge in [-0.05, 0) is 24.6 Å². The van der Waals surface area contributed by atoms with Crippen molar-refractivity contribution in [2.75, 3.05) is 18.0 Å². The minimum Gasteiger partial charge on any atom is -0.369 e. The largest absolute Gasteiger partial charge is 0.369 e. The van der Waals surface area contributed by atoms with E-state index in [1.165, 1.54) is 6.07 Å². The van der Waals surface area contributed by atoms with E-state index >= 15 is 0 Å². The quantitative estimate of drug-likeness (QED) is 0.646. The summed E-state index contributed by atoms with van der Waals surface area (Å²) < 4.78 is 13.3. The molecule has 1 fully saturated rings. The Morgan fingerprint density at radius 1 is 1.38 bits per heavy atom. The first-order chi connectivity index (χ1) is 6.31. The second kappa shape index (κ2) is 3.17. The van der Waals surface area contributed by atoms with Crippen LogP contribution in [0.5, 0.6) is 0 Å². The van der Waals surface area contributed by atoms with Crippen LogP contribution in [0.2, 0.25) is 0 Å². The van der Waals surface area contributed by atoms with Crippen LogP contribution in [0.3, 0.4) is 0 Å². The lowest BCUT2D eigenvalue weighted by atomic mass is 10.1. The summed E-state index contributed by atoms with van der Waals surface area (Å²) in [5, 5.41) is 0. The summed E-state index contributed by atoms with van der Waals surface area (Å²) in [7, 11) is 0. The number of hydrogen-bond donors (Lipinski definition) is 0. The monoisotopic (exact) mass is 179 g/mol. The van der Waals surface area contributed by atoms with E-state index in [1.807, 2.05) is 4.90 Å². The fourth-order valence-corrected chi connectivity index (χ4v) is 1.41. The molecule has 1 heterocycles. The Labute approximate surface area is 76.0 Å². The van der Waals surface area contributed by atoms with Gasteiger partial charge in [-0.1, -0.05) is 0 Å². The highest BCUT2D eigenvalue weighted by atomic mass is 19.1. The smallest absolute Gasteiger partial charge is 0.150 e. The Balaban J connectivity index is 2.31. The number of anilines is 1. The molecule has 0 aromatic heterocycles. The molecule has 0 spiro atoms. The van der Waals surface area contributed by atoms with E-state index in [9.17, 15) is 9.18 Å². The third-order valence-electron chi connectivity index (χ3n) is 2.30. The molecule has 13 heavy (non-hydrogen) atoms. The lowest BCUT2D eigenvalue weighted by molar-refractivity contribution is 0.112. The van der Waals surface area contributed by atoms with Crippen LogP contribution in [-0.2, 0) is 0 Å². The van der Waals surface area contributed by atoms with Gasteiger partial charge in [0.2, 0.25) is 0 Å². The number of carbonyl (C=O) groups excluding carboxylic acids is 1. The molecular formula is C10H10FNO. The van der Waals surface area contributed by atoms with Gasteiger partial charge in [0.25, 0.3) is 0 Å². The number of hydrogen-bond acceptors (Lipinski definition) is 2. The number of rotatable bonds is 2. The molecule has 68 valence electrons. The van der Waals surface area contributed by atoms with Crippen molar-refractivity contribution in [3.63, 3.8) is 0 Å². The zero-order valence-corrected chi connectivity index (χ0v) is 7.16. The third kappa shape index (κ3) is 1.41. The van der Waals surface area contributed by atoms with Crippen molar-refractivity contribution in [1.29, 1.82) is 0 Å². The first-order valence-corrected chi connectivity index (χ1v) is 4.31. The van der Waals surface area contributed by atoms with E-state index in [0.29, 0.717) is 17.5 Å². The first kappa shape index (κ1) is 8.23. The predicted molar refractivity (Wildman–Crippen MR) is 48.6 cm³/mol. The van der Waals surface area contributed by atoms with E-state index in [-0.39, 0.29) is 5.82 Å². The molecule has 2 rings (SSSR count). The van der Waals surface area contributed by atoms with E-state index in [2.05, 4.69) is 0 Å². The Morgan fingerprint density at radius 2 is 2.15 bits per heavy atom. The molecule has 1 saturated heterocycles. The van der Waals surface area contributed by atoms with E-state index in [1.54, 1.807) is 12.1 Å². The van der Waals surface area contributed by atoms with Gasteiger partial charge in [-0.2, -0.15) is 0 Å². The maximum Gasteiger partial charge on any atom is 0.150 e. The number of halogens is 1. The van der Waals surface area contributed by atoms with Gasteiger partial charge in [0.15, 0.2) is 0 Å². The van der Waals surface area contributed by atoms with Crippen LogP contribution in [0.25, 0.3) is 0 Å². The Morgan fingerprint density at radius 3 is 2.62 bits per heavy atom. The molecule has 0 amide bonds. The second-order valence-corrected chi connectivity index (χ2v) is 3.17. The Hall–Kier alpha value is -1.38. The van der Waals surface area contributed by atoms with Crippen LogP contribution < -0.4 is 4.90 Å². The van der Waals surface area contributed by atoms with Gasteiger partial charge in [-0.25, -0.2) is 4.39 Å². The van der Waals surface area contributed by atoms with Gasteiger partial charge in [-0.3, -0.25) is 4.79 Å². The fraction of sp³-hybridized carbons (Fsp3) is 0.300. The summed E-state index contributed by atoms with van der Waals surface area (Å²) in [5.74, 6) is -0.302. The van der Waals surface area contributed by atoms with E-state index in [0.717, 1.165) is 19.5 Å². The Bertz CT molecular complexity index is 334. The van der Waals surface area contributed by atoms with Gasteiger partial charge in [0.1, 0.15) is 12.1 Å². The predicted octanol–water partition coefficient (Wildman–Crippen LogP) is 1.85. The van der Waals surface area contributed by atoms with Gasteiger partial charge < -0.3 is 4.90 Å². The molecule has 0 N–H and O–H groups in total. The molecule has 0 aliphatic carbocycles. The van der Waals surface area contributed by atoms with Crippen molar-refractivity contribution < 1.29 is 9.18 Å². The maximum absolute atomic E-state index is 13.3. The van der Waals surface area contributed by atoms with Crippen LogP contribution >= 0.6 is 0 Å². The highest BCUT2D eigenvalue weighted by Crippen LogP contribution is 2.24. The van der Waals surface area contributed by atoms with Crippen LogP contribution in [0.15, 0.2) is 18.2 Å². The maximum atomic E-state index is 13.3. The molecule has 1 aromatic rings. The Kier molecular flexibility index (Phi) is 2.00. The molecule has 3 heteroatoms. The summed E-state index contributed by atoms with van der Waals surface area (Å²) in [5.41, 5.74) is 0.999. The average Bonchev–Trinajstić information content (AvgIpc) is 2.05. The molecular weight excluding hydrogens is 169 g/mol. The van der Waals surface area contributed by atoms with Gasteiger partial charge in [0.05, 0.1) is 5.69 Å². The molecule has 1 aliphatic heterocycles. The van der Waals surface area contributed by atoms with Gasteiger partial charge in [-0.15, -0.1) is 0 Å². The SMILES string of the molecule is O=Cc1ccc(N2CCC2)c(F)c1. The highest BCUT2D eigenvalue weighted by Gasteiger charge is 2.17. The summed E-state index contributed by atoms with van der Waals surface area (Å²) in [4.78, 5) is 12.3. The van der Waals surface area contributed by atoms with Crippen molar-refractivity contribution in [1.82, 2.24) is 0 Å². The summed E-state index contributed by atoms with van der Waals surface area (Å²) in [6, 6.07) is 4.59. The van der Waals surface area contributed by atoms with Crippen LogP contribution in [0.1, 0.15) is 16.8 Å². The molecule has 0 saturated carbocycles. The summed E-state index contributed by atoms with van der Waals surface area (Å²) in [6.07, 6.45) is 1.78. The normalized spacial score (nSPS) is 15.3. The molecule has 0 atom stereocenters. The van der Waals surface area contributed by atoms with Crippen molar-refractivity contribution in [3.8, 4) is 0 Å². The molecule has 0 bridgehead atoms. The van der Waals surface area contributed by atoms with Gasteiger partial charge in [0, 0.05) is 18.7 Å². The van der Waals surface area contributed by atoms with Gasteiger partial charge >= 0.3 is 0 Å².